The minimum absolute atomic E-state index is 0.0275. The number of aromatic nitrogens is 2. The van der Waals surface area contributed by atoms with E-state index in [-0.39, 0.29) is 6.42 Å². The highest BCUT2D eigenvalue weighted by Gasteiger charge is 2.40. The molecular weight excluding hydrogens is 313 g/mol. The largest absolute Gasteiger partial charge is 0.403 e. The molecule has 0 aliphatic carbocycles. The van der Waals surface area contributed by atoms with Gasteiger partial charge in [-0.2, -0.15) is 13.2 Å². The van der Waals surface area contributed by atoms with Gasteiger partial charge >= 0.3 is 6.18 Å². The third kappa shape index (κ3) is 3.03. The molecule has 1 unspecified atom stereocenters. The summed E-state index contributed by atoms with van der Waals surface area (Å²) in [4.78, 5) is 12.6. The molecule has 0 amide bonds. The van der Waals surface area contributed by atoms with Gasteiger partial charge in [-0.3, -0.25) is 0 Å². The molecule has 1 fully saturated rings. The monoisotopic (exact) mass is 330 g/mol. The fourth-order valence-electron chi connectivity index (χ4n) is 2.68. The van der Waals surface area contributed by atoms with Gasteiger partial charge in [0.2, 0.25) is 0 Å². The first-order valence-corrected chi connectivity index (χ1v) is 8.09. The molecular formula is C14H17F3N4S. The highest BCUT2D eigenvalue weighted by molar-refractivity contribution is 7.18. The maximum atomic E-state index is 12.8. The van der Waals surface area contributed by atoms with Gasteiger partial charge in [0.15, 0.2) is 0 Å². The second-order valence-electron chi connectivity index (χ2n) is 5.31. The number of halogens is 3. The predicted molar refractivity (Wildman–Crippen MR) is 81.5 cm³/mol. The average molecular weight is 330 g/mol. The van der Waals surface area contributed by atoms with E-state index in [1.165, 1.54) is 11.2 Å². The topological polar surface area (TPSA) is 41.0 Å². The first-order chi connectivity index (χ1) is 10.5. The van der Waals surface area contributed by atoms with E-state index in [9.17, 15) is 13.2 Å². The van der Waals surface area contributed by atoms with Gasteiger partial charge < -0.3 is 10.2 Å². The van der Waals surface area contributed by atoms with E-state index in [2.05, 4.69) is 28.3 Å². The van der Waals surface area contributed by atoms with Crippen LogP contribution in [-0.2, 0) is 6.42 Å². The number of rotatable bonds is 2. The summed E-state index contributed by atoms with van der Waals surface area (Å²) in [5, 5.41) is 3.52. The number of hydrogen-bond acceptors (Lipinski definition) is 5. The van der Waals surface area contributed by atoms with Crippen molar-refractivity contribution < 1.29 is 13.2 Å². The minimum Gasteiger partial charge on any atom is -0.355 e. The molecule has 8 heteroatoms. The Morgan fingerprint density at radius 3 is 2.91 bits per heavy atom. The van der Waals surface area contributed by atoms with Gasteiger partial charge in [0.05, 0.1) is 5.39 Å². The van der Waals surface area contributed by atoms with Crippen LogP contribution in [0.1, 0.15) is 18.2 Å². The first-order valence-electron chi connectivity index (χ1n) is 7.27. The zero-order valence-electron chi connectivity index (χ0n) is 12.2. The summed E-state index contributed by atoms with van der Waals surface area (Å²) < 4.78 is 38.5. The van der Waals surface area contributed by atoms with Gasteiger partial charge in [-0.15, -0.1) is 11.3 Å². The Balaban J connectivity index is 1.86. The lowest BCUT2D eigenvalue weighted by molar-refractivity contribution is -0.155. The molecule has 2 aromatic rings. The summed E-state index contributed by atoms with van der Waals surface area (Å²) >= 11 is 1.61. The van der Waals surface area contributed by atoms with Crippen LogP contribution in [0, 0.1) is 0 Å². The third-order valence-corrected chi connectivity index (χ3v) is 5.05. The molecule has 1 aliphatic rings. The quantitative estimate of drug-likeness (QED) is 0.919. The fourth-order valence-corrected chi connectivity index (χ4v) is 3.61. The Labute approximate surface area is 130 Å². The van der Waals surface area contributed by atoms with Crippen molar-refractivity contribution in [2.45, 2.75) is 32.0 Å². The highest BCUT2D eigenvalue weighted by Crippen LogP contribution is 2.31. The molecule has 22 heavy (non-hydrogen) atoms. The molecule has 3 rings (SSSR count). The van der Waals surface area contributed by atoms with Crippen LogP contribution in [0.4, 0.5) is 19.0 Å². The molecule has 2 aromatic heterocycles. The lowest BCUT2D eigenvalue weighted by atomic mass is 10.2. The summed E-state index contributed by atoms with van der Waals surface area (Å²) in [5.74, 6) is 0.741. The average Bonchev–Trinajstić information content (AvgIpc) is 2.73. The number of anilines is 1. The van der Waals surface area contributed by atoms with Crippen molar-refractivity contribution >= 4 is 27.4 Å². The molecule has 3 heterocycles. The zero-order valence-corrected chi connectivity index (χ0v) is 13.0. The van der Waals surface area contributed by atoms with Crippen molar-refractivity contribution in [3.8, 4) is 0 Å². The van der Waals surface area contributed by atoms with Gasteiger partial charge in [0.1, 0.15) is 23.0 Å². The Kier molecular flexibility index (Phi) is 4.22. The molecule has 0 spiro atoms. The summed E-state index contributed by atoms with van der Waals surface area (Å²) in [6.07, 6.45) is -1.76. The molecule has 0 saturated carbocycles. The molecule has 0 bridgehead atoms. The minimum atomic E-state index is -4.20. The maximum Gasteiger partial charge on any atom is 0.403 e. The van der Waals surface area contributed by atoms with Crippen LogP contribution in [-0.4, -0.2) is 41.8 Å². The van der Waals surface area contributed by atoms with E-state index >= 15 is 0 Å². The van der Waals surface area contributed by atoms with E-state index in [0.717, 1.165) is 22.5 Å². The van der Waals surface area contributed by atoms with Crippen molar-refractivity contribution in [3.63, 3.8) is 0 Å². The predicted octanol–water partition coefficient (Wildman–Crippen LogP) is 2.98. The number of aryl methyl sites for hydroxylation is 1. The standard InChI is InChI=1S/C14H17F3N4S/c1-2-9-7-10-12(19-8-20-13(10)22-9)21-5-3-11(14(15,16)17)18-4-6-21/h7-8,11,18H,2-6H2,1H3. The second-order valence-corrected chi connectivity index (χ2v) is 6.42. The third-order valence-electron chi connectivity index (χ3n) is 3.86. The number of thiophene rings is 1. The van der Waals surface area contributed by atoms with E-state index in [1.807, 2.05) is 4.90 Å². The summed E-state index contributed by atoms with van der Waals surface area (Å²) in [5.41, 5.74) is 0. The normalized spacial score (nSPS) is 20.4. The van der Waals surface area contributed by atoms with Crippen LogP contribution in [0.5, 0.6) is 0 Å². The van der Waals surface area contributed by atoms with Crippen molar-refractivity contribution in [2.24, 2.45) is 0 Å². The van der Waals surface area contributed by atoms with Gasteiger partial charge in [-0.1, -0.05) is 6.92 Å². The molecule has 0 radical (unpaired) electrons. The van der Waals surface area contributed by atoms with E-state index < -0.39 is 12.2 Å². The Morgan fingerprint density at radius 2 is 2.18 bits per heavy atom. The molecule has 1 atom stereocenters. The van der Waals surface area contributed by atoms with E-state index in [0.29, 0.717) is 19.6 Å². The number of fused-ring (bicyclic) bond motifs is 1. The summed E-state index contributed by atoms with van der Waals surface area (Å²) in [7, 11) is 0. The first kappa shape index (κ1) is 15.5. The zero-order chi connectivity index (χ0) is 15.7. The van der Waals surface area contributed by atoms with Gasteiger partial charge in [-0.05, 0) is 18.9 Å². The van der Waals surface area contributed by atoms with Gasteiger partial charge in [0, 0.05) is 24.5 Å². The highest BCUT2D eigenvalue weighted by atomic mass is 32.1. The van der Waals surface area contributed by atoms with Crippen LogP contribution in [0.15, 0.2) is 12.4 Å². The van der Waals surface area contributed by atoms with Crippen LogP contribution >= 0.6 is 11.3 Å². The number of alkyl halides is 3. The van der Waals surface area contributed by atoms with Crippen LogP contribution in [0.25, 0.3) is 10.2 Å². The maximum absolute atomic E-state index is 12.8. The Bertz CT molecular complexity index is 655. The SMILES string of the molecule is CCc1cc2c(N3CCNC(C(F)(F)F)CC3)ncnc2s1. The van der Waals surface area contributed by atoms with Gasteiger partial charge in [-0.25, -0.2) is 9.97 Å². The van der Waals surface area contributed by atoms with Crippen molar-refractivity contribution in [1.82, 2.24) is 15.3 Å². The summed E-state index contributed by atoms with van der Waals surface area (Å²) in [6, 6.07) is 0.609. The number of nitrogens with one attached hydrogen (secondary N) is 1. The smallest absolute Gasteiger partial charge is 0.355 e. The summed E-state index contributed by atoms with van der Waals surface area (Å²) in [6.45, 7) is 3.21. The Morgan fingerprint density at radius 1 is 1.36 bits per heavy atom. The van der Waals surface area contributed by atoms with E-state index in [1.54, 1.807) is 11.3 Å². The molecule has 0 aromatic carbocycles. The molecule has 1 N–H and O–H groups in total. The lowest BCUT2D eigenvalue weighted by Crippen LogP contribution is -2.42. The van der Waals surface area contributed by atoms with Crippen molar-refractivity contribution in [2.75, 3.05) is 24.5 Å². The molecule has 1 aliphatic heterocycles. The second kappa shape index (κ2) is 6.00. The van der Waals surface area contributed by atoms with Crippen molar-refractivity contribution in [1.29, 1.82) is 0 Å². The van der Waals surface area contributed by atoms with Crippen molar-refractivity contribution in [3.05, 3.63) is 17.3 Å². The molecule has 120 valence electrons. The van der Waals surface area contributed by atoms with Crippen LogP contribution in [0.3, 0.4) is 0 Å². The molecule has 4 nitrogen and oxygen atoms in total. The Hall–Kier alpha value is -1.41. The number of nitrogens with zero attached hydrogens (tertiary/aromatic N) is 3. The molecule has 1 saturated heterocycles. The van der Waals surface area contributed by atoms with Gasteiger partial charge in [0.25, 0.3) is 0 Å². The van der Waals surface area contributed by atoms with E-state index in [4.69, 9.17) is 0 Å². The van der Waals surface area contributed by atoms with Crippen LogP contribution < -0.4 is 10.2 Å². The fraction of sp³-hybridized carbons (Fsp3) is 0.571. The number of hydrogen-bond donors (Lipinski definition) is 1. The lowest BCUT2D eigenvalue weighted by Gasteiger charge is -2.22. The van der Waals surface area contributed by atoms with Crippen LogP contribution in [0.2, 0.25) is 0 Å².